The van der Waals surface area contributed by atoms with Gasteiger partial charge in [0.15, 0.2) is 5.82 Å². The molecule has 4 rings (SSSR count). The lowest BCUT2D eigenvalue weighted by Gasteiger charge is -2.04. The third-order valence-corrected chi connectivity index (χ3v) is 4.99. The Morgan fingerprint density at radius 2 is 2.00 bits per heavy atom. The molecule has 6 heteroatoms. The minimum atomic E-state index is -0.0592. The zero-order valence-electron chi connectivity index (χ0n) is 14.3. The molecule has 1 amide bonds. The van der Waals surface area contributed by atoms with E-state index < -0.39 is 0 Å². The van der Waals surface area contributed by atoms with Crippen LogP contribution in [0.4, 0.5) is 0 Å². The van der Waals surface area contributed by atoms with Crippen LogP contribution in [0.25, 0.3) is 16.3 Å². The Balaban J connectivity index is 1.47. The van der Waals surface area contributed by atoms with E-state index in [1.807, 2.05) is 52.4 Å². The van der Waals surface area contributed by atoms with Crippen molar-refractivity contribution in [2.24, 2.45) is 0 Å². The summed E-state index contributed by atoms with van der Waals surface area (Å²) < 4.78 is 1.87. The molecular formula is C20H18N4OS. The molecule has 2 heterocycles. The minimum absolute atomic E-state index is 0.0592. The number of aromatic nitrogens is 3. The standard InChI is InChI=1S/C20H18N4OS/c1-14-6-5-9-16(12-14)18-22-20-24(23-18)17(13-26-20)10-11-21-19(25)15-7-3-2-4-8-15/h2-9,12-13H,10-11H2,1H3,(H,21,25). The first kappa shape index (κ1) is 16.5. The topological polar surface area (TPSA) is 59.3 Å². The maximum absolute atomic E-state index is 12.1. The molecule has 0 fully saturated rings. The third kappa shape index (κ3) is 3.36. The molecule has 5 nitrogen and oxygen atoms in total. The van der Waals surface area contributed by atoms with Crippen LogP contribution in [0.2, 0.25) is 0 Å². The fourth-order valence-electron chi connectivity index (χ4n) is 2.80. The van der Waals surface area contributed by atoms with Crippen LogP contribution in [-0.4, -0.2) is 27.0 Å². The molecule has 4 aromatic rings. The Labute approximate surface area is 155 Å². The molecule has 0 unspecified atom stereocenters. The predicted octanol–water partition coefficient (Wildman–Crippen LogP) is 3.74. The summed E-state index contributed by atoms with van der Waals surface area (Å²) in [6.45, 7) is 2.61. The van der Waals surface area contributed by atoms with Gasteiger partial charge in [-0.15, -0.1) is 16.4 Å². The van der Waals surface area contributed by atoms with Crippen molar-refractivity contribution in [1.29, 1.82) is 0 Å². The smallest absolute Gasteiger partial charge is 0.251 e. The summed E-state index contributed by atoms with van der Waals surface area (Å²) in [5, 5.41) is 9.64. The van der Waals surface area contributed by atoms with Gasteiger partial charge in [-0.25, -0.2) is 4.52 Å². The van der Waals surface area contributed by atoms with Gasteiger partial charge in [-0.1, -0.05) is 42.0 Å². The van der Waals surface area contributed by atoms with Crippen molar-refractivity contribution in [1.82, 2.24) is 19.9 Å². The molecule has 0 aliphatic rings. The number of carbonyl (C=O) groups is 1. The Morgan fingerprint density at radius 1 is 1.15 bits per heavy atom. The van der Waals surface area contributed by atoms with Gasteiger partial charge in [0.2, 0.25) is 4.96 Å². The molecule has 26 heavy (non-hydrogen) atoms. The van der Waals surface area contributed by atoms with E-state index in [0.29, 0.717) is 18.5 Å². The fourth-order valence-corrected chi connectivity index (χ4v) is 3.66. The maximum atomic E-state index is 12.1. The van der Waals surface area contributed by atoms with E-state index in [4.69, 9.17) is 0 Å². The summed E-state index contributed by atoms with van der Waals surface area (Å²) in [5.74, 6) is 0.672. The summed E-state index contributed by atoms with van der Waals surface area (Å²) in [5.41, 5.74) is 3.92. The van der Waals surface area contributed by atoms with Crippen molar-refractivity contribution in [3.8, 4) is 11.4 Å². The Bertz CT molecular complexity index is 1050. The van der Waals surface area contributed by atoms with E-state index in [1.165, 1.54) is 5.56 Å². The van der Waals surface area contributed by atoms with Gasteiger partial charge in [-0.05, 0) is 25.1 Å². The maximum Gasteiger partial charge on any atom is 0.251 e. The van der Waals surface area contributed by atoms with Gasteiger partial charge in [-0.2, -0.15) is 4.98 Å². The summed E-state index contributed by atoms with van der Waals surface area (Å²) in [7, 11) is 0. The molecule has 0 saturated carbocycles. The van der Waals surface area contributed by atoms with Crippen LogP contribution in [0.5, 0.6) is 0 Å². The molecule has 0 spiro atoms. The first-order valence-corrected chi connectivity index (χ1v) is 9.32. The highest BCUT2D eigenvalue weighted by Crippen LogP contribution is 2.21. The van der Waals surface area contributed by atoms with E-state index in [-0.39, 0.29) is 5.91 Å². The SMILES string of the molecule is Cc1cccc(-c2nc3scc(CCNC(=O)c4ccccc4)n3n2)c1. The van der Waals surface area contributed by atoms with Crippen LogP contribution < -0.4 is 5.32 Å². The number of rotatable bonds is 5. The summed E-state index contributed by atoms with van der Waals surface area (Å²) in [6, 6.07) is 17.4. The lowest BCUT2D eigenvalue weighted by molar-refractivity contribution is 0.0954. The Hall–Kier alpha value is -2.99. The number of amides is 1. The fraction of sp³-hybridized carbons (Fsp3) is 0.150. The minimum Gasteiger partial charge on any atom is -0.352 e. The number of hydrogen-bond donors (Lipinski definition) is 1. The van der Waals surface area contributed by atoms with Gasteiger partial charge in [0.1, 0.15) is 0 Å². The van der Waals surface area contributed by atoms with Crippen LogP contribution in [0.3, 0.4) is 0 Å². The second-order valence-corrected chi connectivity index (χ2v) is 6.93. The van der Waals surface area contributed by atoms with Crippen LogP contribution >= 0.6 is 11.3 Å². The number of nitrogens with zero attached hydrogens (tertiary/aromatic N) is 3. The van der Waals surface area contributed by atoms with Crippen molar-refractivity contribution in [2.75, 3.05) is 6.54 Å². The molecule has 0 aliphatic carbocycles. The quantitative estimate of drug-likeness (QED) is 0.588. The number of nitrogens with one attached hydrogen (secondary N) is 1. The van der Waals surface area contributed by atoms with Gasteiger partial charge in [0.25, 0.3) is 5.91 Å². The van der Waals surface area contributed by atoms with Gasteiger partial charge < -0.3 is 5.32 Å². The highest BCUT2D eigenvalue weighted by Gasteiger charge is 2.12. The van der Waals surface area contributed by atoms with Gasteiger partial charge in [-0.3, -0.25) is 4.79 Å². The number of thiazole rings is 1. The van der Waals surface area contributed by atoms with Crippen LogP contribution in [-0.2, 0) is 6.42 Å². The molecule has 0 bridgehead atoms. The Kier molecular flexibility index (Phi) is 4.50. The number of aryl methyl sites for hydroxylation is 1. The van der Waals surface area contributed by atoms with Crippen molar-refractivity contribution in [3.63, 3.8) is 0 Å². The highest BCUT2D eigenvalue weighted by molar-refractivity contribution is 7.15. The zero-order chi connectivity index (χ0) is 17.9. The number of hydrogen-bond acceptors (Lipinski definition) is 4. The second-order valence-electron chi connectivity index (χ2n) is 6.10. The van der Waals surface area contributed by atoms with E-state index >= 15 is 0 Å². The molecule has 0 radical (unpaired) electrons. The summed E-state index contributed by atoms with van der Waals surface area (Å²) in [4.78, 5) is 17.6. The number of benzene rings is 2. The van der Waals surface area contributed by atoms with Crippen LogP contribution in [0.15, 0.2) is 60.0 Å². The van der Waals surface area contributed by atoms with Crippen molar-refractivity contribution in [2.45, 2.75) is 13.3 Å². The molecule has 0 atom stereocenters. The average molecular weight is 362 g/mol. The molecular weight excluding hydrogens is 344 g/mol. The van der Waals surface area contributed by atoms with Crippen LogP contribution in [0.1, 0.15) is 21.6 Å². The first-order chi connectivity index (χ1) is 12.7. The lowest BCUT2D eigenvalue weighted by Crippen LogP contribution is -2.25. The molecule has 1 N–H and O–H groups in total. The van der Waals surface area contributed by atoms with Gasteiger partial charge >= 0.3 is 0 Å². The largest absolute Gasteiger partial charge is 0.352 e. The van der Waals surface area contributed by atoms with E-state index in [1.54, 1.807) is 11.3 Å². The van der Waals surface area contributed by atoms with Crippen molar-refractivity contribution < 1.29 is 4.79 Å². The van der Waals surface area contributed by atoms with E-state index in [9.17, 15) is 4.79 Å². The van der Waals surface area contributed by atoms with E-state index in [0.717, 1.165) is 22.0 Å². The summed E-state index contributed by atoms with van der Waals surface area (Å²) in [6.07, 6.45) is 0.704. The number of carbonyl (C=O) groups excluding carboxylic acids is 1. The van der Waals surface area contributed by atoms with Gasteiger partial charge in [0.05, 0.1) is 5.69 Å². The predicted molar refractivity (Wildman–Crippen MR) is 104 cm³/mol. The zero-order valence-corrected chi connectivity index (χ0v) is 15.2. The second kappa shape index (κ2) is 7.09. The first-order valence-electron chi connectivity index (χ1n) is 8.44. The average Bonchev–Trinajstić information content (AvgIpc) is 3.24. The third-order valence-electron chi connectivity index (χ3n) is 4.13. The summed E-state index contributed by atoms with van der Waals surface area (Å²) >= 11 is 1.57. The lowest BCUT2D eigenvalue weighted by atomic mass is 10.1. The van der Waals surface area contributed by atoms with E-state index in [2.05, 4.69) is 34.5 Å². The monoisotopic (exact) mass is 362 g/mol. The number of fused-ring (bicyclic) bond motifs is 1. The van der Waals surface area contributed by atoms with Crippen LogP contribution in [0, 0.1) is 6.92 Å². The molecule has 2 aromatic carbocycles. The Morgan fingerprint density at radius 3 is 2.81 bits per heavy atom. The normalized spacial score (nSPS) is 11.0. The molecule has 130 valence electrons. The van der Waals surface area contributed by atoms with Crippen molar-refractivity contribution in [3.05, 3.63) is 76.8 Å². The van der Waals surface area contributed by atoms with Crippen molar-refractivity contribution >= 4 is 22.2 Å². The van der Waals surface area contributed by atoms with Gasteiger partial charge in [0, 0.05) is 29.5 Å². The molecule has 0 aliphatic heterocycles. The molecule has 0 saturated heterocycles. The molecule has 2 aromatic heterocycles. The highest BCUT2D eigenvalue weighted by atomic mass is 32.1.